The van der Waals surface area contributed by atoms with Gasteiger partial charge in [0, 0.05) is 10.8 Å². The van der Waals surface area contributed by atoms with E-state index in [2.05, 4.69) is 29.4 Å². The third kappa shape index (κ3) is 6.83. The van der Waals surface area contributed by atoms with E-state index < -0.39 is 22.5 Å². The molecule has 0 saturated carbocycles. The third-order valence-electron chi connectivity index (χ3n) is 4.24. The van der Waals surface area contributed by atoms with Gasteiger partial charge < -0.3 is 4.74 Å². The minimum atomic E-state index is -4.06. The molecule has 0 fully saturated rings. The van der Waals surface area contributed by atoms with Gasteiger partial charge in [-0.25, -0.2) is 8.42 Å². The molecular weight excluding hydrogens is 504 g/mol. The maximum absolute atomic E-state index is 13.4. The Bertz CT molecular complexity index is 1180. The topological polar surface area (TPSA) is 101 Å². The fourth-order valence-electron chi connectivity index (χ4n) is 2.64. The van der Waals surface area contributed by atoms with Crippen LogP contribution in [0.1, 0.15) is 13.8 Å². The predicted molar refractivity (Wildman–Crippen MR) is 133 cm³/mol. The molecule has 33 heavy (non-hydrogen) atoms. The Kier molecular flexibility index (Phi) is 8.57. The van der Waals surface area contributed by atoms with Crippen LogP contribution in [0.15, 0.2) is 57.8 Å². The van der Waals surface area contributed by atoms with Crippen molar-refractivity contribution in [3.05, 3.63) is 53.6 Å². The summed E-state index contributed by atoms with van der Waals surface area (Å²) in [7, 11) is -2.56. The number of carbonyl (C=O) groups excluding carboxylic acids is 1. The van der Waals surface area contributed by atoms with Crippen molar-refractivity contribution in [2.45, 2.75) is 23.1 Å². The van der Waals surface area contributed by atoms with Gasteiger partial charge >= 0.3 is 0 Å². The van der Waals surface area contributed by atoms with Crippen LogP contribution in [0.5, 0.6) is 5.75 Å². The molecule has 8 nitrogen and oxygen atoms in total. The summed E-state index contributed by atoms with van der Waals surface area (Å²) in [5, 5.41) is 11.4. The Labute approximate surface area is 206 Å². The molecule has 3 rings (SSSR count). The van der Waals surface area contributed by atoms with E-state index in [4.69, 9.17) is 16.3 Å². The highest BCUT2D eigenvalue weighted by Gasteiger charge is 2.27. The Hall–Kier alpha value is -2.34. The monoisotopic (exact) mass is 526 g/mol. The SMILES string of the molecule is COc1ccc(S(=O)(=O)N(CC(=O)Nc2nnc(SCC(C)C)s2)c2ccc(Cl)cc2)cc1. The van der Waals surface area contributed by atoms with Crippen molar-refractivity contribution in [2.75, 3.05) is 29.0 Å². The van der Waals surface area contributed by atoms with Gasteiger partial charge in [-0.2, -0.15) is 0 Å². The molecule has 0 atom stereocenters. The molecule has 0 saturated heterocycles. The van der Waals surface area contributed by atoms with Gasteiger partial charge in [0.2, 0.25) is 11.0 Å². The van der Waals surface area contributed by atoms with Crippen molar-refractivity contribution < 1.29 is 17.9 Å². The minimum absolute atomic E-state index is 0.0225. The van der Waals surface area contributed by atoms with E-state index >= 15 is 0 Å². The lowest BCUT2D eigenvalue weighted by atomic mass is 10.3. The second-order valence-electron chi connectivity index (χ2n) is 7.29. The average Bonchev–Trinajstić information content (AvgIpc) is 3.24. The Morgan fingerprint density at radius 2 is 1.82 bits per heavy atom. The van der Waals surface area contributed by atoms with E-state index in [1.165, 1.54) is 30.6 Å². The number of thioether (sulfide) groups is 1. The summed E-state index contributed by atoms with van der Waals surface area (Å²) >= 11 is 8.77. The standard InChI is InChI=1S/C21H23ClN4O4S3/c1-14(2)13-31-21-25-24-20(32-21)23-19(27)12-26(16-6-4-15(22)5-7-16)33(28,29)18-10-8-17(30-3)9-11-18/h4-11,14H,12-13H2,1-3H3,(H,23,24,27). The van der Waals surface area contributed by atoms with Gasteiger partial charge in [0.1, 0.15) is 12.3 Å². The number of nitrogens with one attached hydrogen (secondary N) is 1. The highest BCUT2D eigenvalue weighted by Crippen LogP contribution is 2.28. The zero-order valence-corrected chi connectivity index (χ0v) is 21.4. The Morgan fingerprint density at radius 1 is 1.15 bits per heavy atom. The van der Waals surface area contributed by atoms with Crippen molar-refractivity contribution >= 4 is 61.4 Å². The van der Waals surface area contributed by atoms with Crippen LogP contribution in [0.3, 0.4) is 0 Å². The number of benzene rings is 2. The molecule has 0 aliphatic carbocycles. The van der Waals surface area contributed by atoms with Gasteiger partial charge in [0.15, 0.2) is 4.34 Å². The Balaban J connectivity index is 1.82. The fourth-order valence-corrected chi connectivity index (χ4v) is 5.93. The summed E-state index contributed by atoms with van der Waals surface area (Å²) in [4.78, 5) is 12.8. The number of ether oxygens (including phenoxy) is 1. The number of anilines is 2. The summed E-state index contributed by atoms with van der Waals surface area (Å²) < 4.78 is 33.7. The lowest BCUT2D eigenvalue weighted by Gasteiger charge is -2.24. The molecule has 176 valence electrons. The first kappa shape index (κ1) is 25.3. The molecule has 0 spiro atoms. The first-order valence-electron chi connectivity index (χ1n) is 9.87. The number of sulfonamides is 1. The van der Waals surface area contributed by atoms with Crippen LogP contribution in [-0.4, -0.2) is 43.9 Å². The number of nitrogens with zero attached hydrogens (tertiary/aromatic N) is 3. The second-order valence-corrected chi connectivity index (χ2v) is 11.8. The first-order valence-corrected chi connectivity index (χ1v) is 13.5. The summed E-state index contributed by atoms with van der Waals surface area (Å²) in [6, 6.07) is 12.2. The van der Waals surface area contributed by atoms with Crippen molar-refractivity contribution in [2.24, 2.45) is 5.92 Å². The van der Waals surface area contributed by atoms with Gasteiger partial charge in [-0.1, -0.05) is 48.5 Å². The summed E-state index contributed by atoms with van der Waals surface area (Å²) in [6.45, 7) is 3.75. The number of methoxy groups -OCH3 is 1. The van der Waals surface area contributed by atoms with Crippen molar-refractivity contribution in [3.8, 4) is 5.75 Å². The quantitative estimate of drug-likeness (QED) is 0.299. The van der Waals surface area contributed by atoms with Crippen LogP contribution < -0.4 is 14.4 Å². The van der Waals surface area contributed by atoms with E-state index in [9.17, 15) is 13.2 Å². The molecule has 1 aromatic heterocycles. The van der Waals surface area contributed by atoms with E-state index in [1.54, 1.807) is 48.2 Å². The number of aromatic nitrogens is 2. The molecule has 2 aromatic carbocycles. The average molecular weight is 527 g/mol. The van der Waals surface area contributed by atoms with Crippen LogP contribution in [0, 0.1) is 5.92 Å². The second kappa shape index (κ2) is 11.2. The molecule has 0 bridgehead atoms. The number of amides is 1. The maximum atomic E-state index is 13.4. The smallest absolute Gasteiger partial charge is 0.264 e. The zero-order chi connectivity index (χ0) is 24.0. The predicted octanol–water partition coefficient (Wildman–Crippen LogP) is 4.78. The molecule has 1 amide bonds. The number of carbonyl (C=O) groups is 1. The third-order valence-corrected chi connectivity index (χ3v) is 8.68. The fraction of sp³-hybridized carbons (Fsp3) is 0.286. The molecule has 0 aliphatic rings. The molecular formula is C21H23ClN4O4S3. The van der Waals surface area contributed by atoms with Crippen LogP contribution in [-0.2, 0) is 14.8 Å². The summed E-state index contributed by atoms with van der Waals surface area (Å²) in [6.07, 6.45) is 0. The van der Waals surface area contributed by atoms with Crippen LogP contribution in [0.2, 0.25) is 5.02 Å². The largest absolute Gasteiger partial charge is 0.497 e. The van der Waals surface area contributed by atoms with Crippen LogP contribution >= 0.6 is 34.7 Å². The lowest BCUT2D eigenvalue weighted by Crippen LogP contribution is -2.38. The molecule has 1 N–H and O–H groups in total. The molecule has 0 unspecified atom stereocenters. The molecule has 12 heteroatoms. The van der Waals surface area contributed by atoms with Gasteiger partial charge in [-0.05, 0) is 54.4 Å². The number of halogens is 1. The van der Waals surface area contributed by atoms with Crippen molar-refractivity contribution in [1.29, 1.82) is 0 Å². The minimum Gasteiger partial charge on any atom is -0.497 e. The molecule has 3 aromatic rings. The van der Waals surface area contributed by atoms with E-state index in [-0.39, 0.29) is 4.90 Å². The normalized spacial score (nSPS) is 11.4. The van der Waals surface area contributed by atoms with Gasteiger partial charge in [0.05, 0.1) is 17.7 Å². The van der Waals surface area contributed by atoms with Gasteiger partial charge in [0.25, 0.3) is 10.0 Å². The number of hydrogen-bond donors (Lipinski definition) is 1. The van der Waals surface area contributed by atoms with Crippen LogP contribution in [0.25, 0.3) is 0 Å². The van der Waals surface area contributed by atoms with Gasteiger partial charge in [-0.15, -0.1) is 10.2 Å². The molecule has 0 radical (unpaired) electrons. The summed E-state index contributed by atoms with van der Waals surface area (Å²) in [5.74, 6) is 1.35. The number of rotatable bonds is 10. The summed E-state index contributed by atoms with van der Waals surface area (Å²) in [5.41, 5.74) is 0.302. The zero-order valence-electron chi connectivity index (χ0n) is 18.2. The first-order chi connectivity index (χ1) is 15.7. The molecule has 1 heterocycles. The molecule has 0 aliphatic heterocycles. The van der Waals surface area contributed by atoms with Crippen LogP contribution in [0.4, 0.5) is 10.8 Å². The van der Waals surface area contributed by atoms with E-state index in [0.717, 1.165) is 14.4 Å². The highest BCUT2D eigenvalue weighted by molar-refractivity contribution is 8.01. The van der Waals surface area contributed by atoms with E-state index in [1.807, 2.05) is 0 Å². The van der Waals surface area contributed by atoms with Gasteiger partial charge in [-0.3, -0.25) is 14.4 Å². The lowest BCUT2D eigenvalue weighted by molar-refractivity contribution is -0.114. The Morgan fingerprint density at radius 3 is 2.42 bits per heavy atom. The van der Waals surface area contributed by atoms with Crippen molar-refractivity contribution in [3.63, 3.8) is 0 Å². The van der Waals surface area contributed by atoms with Crippen molar-refractivity contribution in [1.82, 2.24) is 10.2 Å². The highest BCUT2D eigenvalue weighted by atomic mass is 35.5. The maximum Gasteiger partial charge on any atom is 0.264 e. The van der Waals surface area contributed by atoms with E-state index in [0.29, 0.717) is 27.5 Å². The number of hydrogen-bond acceptors (Lipinski definition) is 8.